The van der Waals surface area contributed by atoms with Gasteiger partial charge in [0.2, 0.25) is 0 Å². The van der Waals surface area contributed by atoms with Crippen LogP contribution in [0.3, 0.4) is 0 Å². The summed E-state index contributed by atoms with van der Waals surface area (Å²) < 4.78 is 8.70. The van der Waals surface area contributed by atoms with E-state index in [4.69, 9.17) is 14.4 Å². The van der Waals surface area contributed by atoms with E-state index in [-0.39, 0.29) is 32.2 Å². The van der Waals surface area contributed by atoms with E-state index < -0.39 is 0 Å². The number of phenolic OH excluding ortho intramolecular Hbond substituents is 1. The van der Waals surface area contributed by atoms with E-state index in [0.717, 1.165) is 94.1 Å². The maximum absolute atomic E-state index is 11.4. The van der Waals surface area contributed by atoms with Gasteiger partial charge in [-0.15, -0.1) is 23.8 Å². The number of hydrogen-bond acceptors (Lipinski definition) is 4. The van der Waals surface area contributed by atoms with Crippen LogP contribution >= 0.6 is 0 Å². The van der Waals surface area contributed by atoms with Gasteiger partial charge in [0.15, 0.2) is 0 Å². The number of pyridine rings is 1. The number of phenols is 1. The summed E-state index contributed by atoms with van der Waals surface area (Å²) in [6.07, 6.45) is 1.82. The average Bonchev–Trinajstić information content (AvgIpc) is 3.86. The van der Waals surface area contributed by atoms with Crippen LogP contribution in [0, 0.1) is 6.07 Å². The summed E-state index contributed by atoms with van der Waals surface area (Å²) >= 11 is 0. The van der Waals surface area contributed by atoms with Crippen molar-refractivity contribution in [2.24, 2.45) is 0 Å². The van der Waals surface area contributed by atoms with Gasteiger partial charge in [0.1, 0.15) is 22.7 Å². The van der Waals surface area contributed by atoms with E-state index in [1.807, 2.05) is 42.6 Å². The van der Waals surface area contributed by atoms with Crippen LogP contribution in [0.2, 0.25) is 0 Å². The molecule has 0 saturated heterocycles. The number of imidazole rings is 1. The summed E-state index contributed by atoms with van der Waals surface area (Å²) in [6, 6.07) is 64.3. The minimum absolute atomic E-state index is 0. The second-order valence-corrected chi connectivity index (χ2v) is 16.7. The summed E-state index contributed by atoms with van der Waals surface area (Å²) in [6.45, 7) is 6.72. The van der Waals surface area contributed by atoms with Crippen molar-refractivity contribution in [3.05, 3.63) is 194 Å². The average molecular weight is 982 g/mol. The van der Waals surface area contributed by atoms with Crippen LogP contribution in [-0.2, 0) is 26.5 Å². The summed E-state index contributed by atoms with van der Waals surface area (Å²) in [5.41, 5.74) is 13.8. The van der Waals surface area contributed by atoms with Crippen molar-refractivity contribution >= 4 is 43.7 Å². The minimum Gasteiger partial charge on any atom is -0.507 e. The van der Waals surface area contributed by atoms with E-state index in [9.17, 15) is 5.11 Å². The first-order valence-electron chi connectivity index (χ1n) is 20.6. The van der Waals surface area contributed by atoms with Crippen molar-refractivity contribution in [3.8, 4) is 67.5 Å². The monoisotopic (exact) mass is 981 g/mol. The number of fused-ring (bicyclic) bond motifs is 5. The van der Waals surface area contributed by atoms with Crippen LogP contribution in [0.25, 0.3) is 105 Å². The van der Waals surface area contributed by atoms with E-state index in [1.165, 1.54) is 5.56 Å². The molecule has 0 amide bonds. The van der Waals surface area contributed by atoms with Crippen molar-refractivity contribution in [2.45, 2.75) is 26.2 Å². The maximum atomic E-state index is 11.4. The smallest absolute Gasteiger partial charge is 0.148 e. The molecule has 8 aromatic carbocycles. The Balaban J connectivity index is 0.00000458. The summed E-state index contributed by atoms with van der Waals surface area (Å²) in [5.74, 6) is 0.802. The van der Waals surface area contributed by atoms with Gasteiger partial charge >= 0.3 is 0 Å². The predicted molar refractivity (Wildman–Crippen MR) is 250 cm³/mol. The number of para-hydroxylation sites is 2. The minimum atomic E-state index is -0.0696. The Morgan fingerprint density at radius 3 is 2.02 bits per heavy atom. The van der Waals surface area contributed by atoms with Gasteiger partial charge in [0.25, 0.3) is 0 Å². The summed E-state index contributed by atoms with van der Waals surface area (Å²) in [5, 5.41) is 15.7. The molecule has 3 aromatic heterocycles. The number of rotatable bonds is 6. The molecule has 62 heavy (non-hydrogen) atoms. The molecule has 1 N–H and O–H groups in total. The van der Waals surface area contributed by atoms with Crippen LogP contribution in [0.15, 0.2) is 187 Å². The Morgan fingerprint density at radius 1 is 0.581 bits per heavy atom. The predicted octanol–water partition coefficient (Wildman–Crippen LogP) is 14.6. The van der Waals surface area contributed by atoms with Crippen molar-refractivity contribution < 1.29 is 30.6 Å². The molecule has 5 nitrogen and oxygen atoms in total. The van der Waals surface area contributed by atoms with Crippen molar-refractivity contribution in [3.63, 3.8) is 0 Å². The third-order valence-electron chi connectivity index (χ3n) is 11.8. The molecule has 0 fully saturated rings. The number of hydrogen-bond donors (Lipinski definition) is 1. The molecule has 3 heterocycles. The molecule has 0 bridgehead atoms. The first-order chi connectivity index (χ1) is 29.8. The first kappa shape index (κ1) is 39.1. The normalized spacial score (nSPS) is 11.7. The molecule has 0 saturated carbocycles. The number of benzene rings is 8. The van der Waals surface area contributed by atoms with Crippen LogP contribution in [0.4, 0.5) is 0 Å². The molecule has 0 radical (unpaired) electrons. The van der Waals surface area contributed by atoms with E-state index in [2.05, 4.69) is 165 Å². The quantitative estimate of drug-likeness (QED) is 0.169. The van der Waals surface area contributed by atoms with E-state index >= 15 is 0 Å². The second-order valence-electron chi connectivity index (χ2n) is 16.7. The SMILES string of the molecule is CC(C)(C)c1ccc(-n2c(-c3ccccc3O)nc3c(-c4[c-]c(-c5nccc6oc7cc8ccccc8cc7c56)cc(-c5ccccc5)c4)cccc32)c(-c2ccccc2)c1.[Pt]. The van der Waals surface area contributed by atoms with Gasteiger partial charge in [-0.25, -0.2) is 4.98 Å². The fourth-order valence-corrected chi connectivity index (χ4v) is 8.70. The van der Waals surface area contributed by atoms with Crippen LogP contribution in [0.5, 0.6) is 5.75 Å². The largest absolute Gasteiger partial charge is 0.507 e. The van der Waals surface area contributed by atoms with Gasteiger partial charge in [0, 0.05) is 49.3 Å². The molecule has 11 aromatic rings. The van der Waals surface area contributed by atoms with Gasteiger partial charge in [-0.3, -0.25) is 9.55 Å². The molecule has 0 aliphatic carbocycles. The zero-order valence-corrected chi connectivity index (χ0v) is 36.6. The van der Waals surface area contributed by atoms with E-state index in [0.29, 0.717) is 11.4 Å². The van der Waals surface area contributed by atoms with Crippen LogP contribution < -0.4 is 0 Å². The molecule has 0 unspecified atom stereocenters. The van der Waals surface area contributed by atoms with Gasteiger partial charge in [-0.05, 0) is 81.4 Å². The van der Waals surface area contributed by atoms with Gasteiger partial charge < -0.3 is 9.52 Å². The fourth-order valence-electron chi connectivity index (χ4n) is 8.70. The standard InChI is InChI=1S/C56H40N3O2.Pt/c1-56(2,3)42-25-26-47(45(34-42)36-17-8-5-9-18-36)59-48-23-14-22-43(54(48)58-55(59)44-21-12-13-24-49(44)60)40-29-39(35-15-6-4-7-16-35)30-41(31-40)53-52-46-32-37-19-10-11-20-38(37)33-51(46)61-50(52)27-28-57-53;/h4-30,32-34,60H,1-3H3;/q-1;. The van der Waals surface area contributed by atoms with Crippen LogP contribution in [0.1, 0.15) is 26.3 Å². The fraction of sp³-hybridized carbons (Fsp3) is 0.0714. The zero-order chi connectivity index (χ0) is 41.2. The maximum Gasteiger partial charge on any atom is 0.148 e. The molecular weight excluding hydrogens is 942 g/mol. The summed E-state index contributed by atoms with van der Waals surface area (Å²) in [7, 11) is 0. The molecule has 0 atom stereocenters. The molecule has 6 heteroatoms. The van der Waals surface area contributed by atoms with Crippen molar-refractivity contribution in [1.29, 1.82) is 0 Å². The topological polar surface area (TPSA) is 64.1 Å². The van der Waals surface area contributed by atoms with Gasteiger partial charge in [-0.2, -0.15) is 0 Å². The number of nitrogens with zero attached hydrogens (tertiary/aromatic N) is 3. The van der Waals surface area contributed by atoms with Gasteiger partial charge in [0.05, 0.1) is 22.3 Å². The second kappa shape index (κ2) is 15.4. The molecule has 0 spiro atoms. The Kier molecular flexibility index (Phi) is 9.73. The van der Waals surface area contributed by atoms with Crippen LogP contribution in [-0.4, -0.2) is 19.6 Å². The molecule has 302 valence electrons. The molecular formula is C56H40N3O2Pt-. The zero-order valence-electron chi connectivity index (χ0n) is 34.3. The summed E-state index contributed by atoms with van der Waals surface area (Å²) in [4.78, 5) is 10.5. The molecule has 0 aliphatic heterocycles. The van der Waals surface area contributed by atoms with Gasteiger partial charge in [-0.1, -0.05) is 153 Å². The Morgan fingerprint density at radius 2 is 1.26 bits per heavy atom. The third-order valence-corrected chi connectivity index (χ3v) is 11.8. The first-order valence-corrected chi connectivity index (χ1v) is 20.6. The number of aromatic nitrogens is 3. The number of furan rings is 1. The Labute approximate surface area is 374 Å². The Hall–Kier alpha value is -7.07. The van der Waals surface area contributed by atoms with Crippen molar-refractivity contribution in [2.75, 3.05) is 0 Å². The van der Waals surface area contributed by atoms with E-state index in [1.54, 1.807) is 6.07 Å². The Bertz CT molecular complexity index is 3470. The molecule has 0 aliphatic rings. The molecule has 11 rings (SSSR count). The number of aromatic hydroxyl groups is 1. The third kappa shape index (κ3) is 6.70. The van der Waals surface area contributed by atoms with Crippen molar-refractivity contribution in [1.82, 2.24) is 14.5 Å².